The summed E-state index contributed by atoms with van der Waals surface area (Å²) in [6.07, 6.45) is 3.13. The Morgan fingerprint density at radius 2 is 2.47 bits per heavy atom. The second-order valence-corrected chi connectivity index (χ2v) is 5.77. The predicted molar refractivity (Wildman–Crippen MR) is 66.2 cm³/mol. The molecule has 2 rings (SSSR count). The fourth-order valence-electron chi connectivity index (χ4n) is 2.01. The molecule has 1 aromatic rings. The molecule has 0 aliphatic carbocycles. The summed E-state index contributed by atoms with van der Waals surface area (Å²) in [6.45, 7) is 5.37. The van der Waals surface area contributed by atoms with E-state index in [1.165, 1.54) is 17.9 Å². The highest BCUT2D eigenvalue weighted by atomic mass is 32.2. The zero-order valence-corrected chi connectivity index (χ0v) is 10.3. The summed E-state index contributed by atoms with van der Waals surface area (Å²) in [5, 5.41) is 0. The predicted octanol–water partition coefficient (Wildman–Crippen LogP) is 2.34. The van der Waals surface area contributed by atoms with Gasteiger partial charge in [-0.15, -0.1) is 0 Å². The molecule has 0 aromatic carbocycles. The van der Waals surface area contributed by atoms with Crippen molar-refractivity contribution in [2.24, 2.45) is 5.92 Å². The van der Waals surface area contributed by atoms with E-state index in [0.29, 0.717) is 11.8 Å². The number of hydrogen-bond donors (Lipinski definition) is 1. The standard InChI is InChI=1S/C11H19N3S/c1-8(2)5-14-7-13-10(11(14)12)9-3-4-15-6-9/h7-9H,3-6,12H2,1-2H3. The van der Waals surface area contributed by atoms with Crippen molar-refractivity contribution in [3.05, 3.63) is 12.0 Å². The zero-order chi connectivity index (χ0) is 10.8. The van der Waals surface area contributed by atoms with Crippen LogP contribution < -0.4 is 5.73 Å². The van der Waals surface area contributed by atoms with Crippen molar-refractivity contribution in [3.63, 3.8) is 0 Å². The van der Waals surface area contributed by atoms with Crippen molar-refractivity contribution in [2.45, 2.75) is 32.7 Å². The summed E-state index contributed by atoms with van der Waals surface area (Å²) >= 11 is 2.00. The van der Waals surface area contributed by atoms with Crippen molar-refractivity contribution in [2.75, 3.05) is 17.2 Å². The summed E-state index contributed by atoms with van der Waals surface area (Å²) in [4.78, 5) is 4.48. The van der Waals surface area contributed by atoms with Gasteiger partial charge in [-0.05, 0) is 18.1 Å². The largest absolute Gasteiger partial charge is 0.384 e. The van der Waals surface area contributed by atoms with E-state index in [1.807, 2.05) is 18.1 Å². The first-order valence-corrected chi connectivity index (χ1v) is 6.72. The molecule has 1 unspecified atom stereocenters. The molecule has 2 N–H and O–H groups in total. The zero-order valence-electron chi connectivity index (χ0n) is 9.44. The van der Waals surface area contributed by atoms with Crippen LogP contribution in [0.4, 0.5) is 5.82 Å². The fourth-order valence-corrected chi connectivity index (χ4v) is 3.24. The number of rotatable bonds is 3. The van der Waals surface area contributed by atoms with Crippen molar-refractivity contribution in [1.29, 1.82) is 0 Å². The molecule has 0 amide bonds. The number of thioether (sulfide) groups is 1. The lowest BCUT2D eigenvalue weighted by atomic mass is 10.1. The van der Waals surface area contributed by atoms with Gasteiger partial charge in [0.15, 0.2) is 0 Å². The molecule has 3 nitrogen and oxygen atoms in total. The van der Waals surface area contributed by atoms with Crippen LogP contribution in [0.3, 0.4) is 0 Å². The van der Waals surface area contributed by atoms with Crippen molar-refractivity contribution in [1.82, 2.24) is 9.55 Å². The average Bonchev–Trinajstić information content (AvgIpc) is 2.76. The monoisotopic (exact) mass is 225 g/mol. The third-order valence-electron chi connectivity index (χ3n) is 2.79. The van der Waals surface area contributed by atoms with Gasteiger partial charge in [-0.25, -0.2) is 4.98 Å². The van der Waals surface area contributed by atoms with E-state index in [-0.39, 0.29) is 0 Å². The van der Waals surface area contributed by atoms with E-state index in [0.717, 1.165) is 18.1 Å². The van der Waals surface area contributed by atoms with Crippen LogP contribution in [0.2, 0.25) is 0 Å². The minimum Gasteiger partial charge on any atom is -0.384 e. The molecule has 1 aliphatic rings. The lowest BCUT2D eigenvalue weighted by molar-refractivity contribution is 0.527. The highest BCUT2D eigenvalue weighted by Gasteiger charge is 2.23. The summed E-state index contributed by atoms with van der Waals surface area (Å²) < 4.78 is 2.09. The van der Waals surface area contributed by atoms with Crippen LogP contribution in [0.5, 0.6) is 0 Å². The van der Waals surface area contributed by atoms with Gasteiger partial charge in [0, 0.05) is 18.2 Å². The fraction of sp³-hybridized carbons (Fsp3) is 0.727. The van der Waals surface area contributed by atoms with Crippen molar-refractivity contribution >= 4 is 17.6 Å². The normalized spacial score (nSPS) is 21.4. The minimum atomic E-state index is 0.586. The maximum absolute atomic E-state index is 6.12. The van der Waals surface area contributed by atoms with Crippen LogP contribution >= 0.6 is 11.8 Å². The third kappa shape index (κ3) is 2.30. The molecule has 1 atom stereocenters. The molecule has 84 valence electrons. The van der Waals surface area contributed by atoms with Crippen LogP contribution in [0.15, 0.2) is 6.33 Å². The first-order valence-electron chi connectivity index (χ1n) is 5.56. The smallest absolute Gasteiger partial charge is 0.126 e. The average molecular weight is 225 g/mol. The molecule has 1 aromatic heterocycles. The van der Waals surface area contributed by atoms with E-state index in [1.54, 1.807) is 0 Å². The van der Waals surface area contributed by atoms with Gasteiger partial charge >= 0.3 is 0 Å². The highest BCUT2D eigenvalue weighted by Crippen LogP contribution is 2.34. The molecule has 15 heavy (non-hydrogen) atoms. The lowest BCUT2D eigenvalue weighted by Gasteiger charge is -2.10. The SMILES string of the molecule is CC(C)Cn1cnc(C2CCSC2)c1N. The number of anilines is 1. The van der Waals surface area contributed by atoms with Gasteiger partial charge < -0.3 is 10.3 Å². The van der Waals surface area contributed by atoms with Gasteiger partial charge in [-0.3, -0.25) is 0 Å². The Labute approximate surface area is 95.4 Å². The number of imidazole rings is 1. The summed E-state index contributed by atoms with van der Waals surface area (Å²) in [5.74, 6) is 4.52. The highest BCUT2D eigenvalue weighted by molar-refractivity contribution is 7.99. The molecule has 0 radical (unpaired) electrons. The number of nitrogens with two attached hydrogens (primary N) is 1. The van der Waals surface area contributed by atoms with Gasteiger partial charge in [0.2, 0.25) is 0 Å². The van der Waals surface area contributed by atoms with Crippen LogP contribution in [0.1, 0.15) is 31.9 Å². The van der Waals surface area contributed by atoms with E-state index in [4.69, 9.17) is 5.73 Å². The number of nitrogens with zero attached hydrogens (tertiary/aromatic N) is 2. The molecule has 1 fully saturated rings. The number of nitrogen functional groups attached to an aromatic ring is 1. The van der Waals surface area contributed by atoms with Crippen LogP contribution in [0.25, 0.3) is 0 Å². The molecular weight excluding hydrogens is 206 g/mol. The molecular formula is C11H19N3S. The molecule has 0 bridgehead atoms. The minimum absolute atomic E-state index is 0.586. The molecule has 1 saturated heterocycles. The first-order chi connectivity index (χ1) is 7.18. The van der Waals surface area contributed by atoms with Crippen molar-refractivity contribution in [3.8, 4) is 0 Å². The summed E-state index contributed by atoms with van der Waals surface area (Å²) in [6, 6.07) is 0. The van der Waals surface area contributed by atoms with Crippen molar-refractivity contribution < 1.29 is 0 Å². The topological polar surface area (TPSA) is 43.8 Å². The lowest BCUT2D eigenvalue weighted by Crippen LogP contribution is -2.09. The van der Waals surface area contributed by atoms with Crippen LogP contribution in [-0.4, -0.2) is 21.1 Å². The Morgan fingerprint density at radius 3 is 3.07 bits per heavy atom. The van der Waals surface area contributed by atoms with Crippen LogP contribution in [-0.2, 0) is 6.54 Å². The second-order valence-electron chi connectivity index (χ2n) is 4.62. The summed E-state index contributed by atoms with van der Waals surface area (Å²) in [7, 11) is 0. The maximum atomic E-state index is 6.12. The Bertz CT molecular complexity index is 327. The molecule has 2 heterocycles. The maximum Gasteiger partial charge on any atom is 0.126 e. The third-order valence-corrected chi connectivity index (χ3v) is 3.95. The number of aromatic nitrogens is 2. The Balaban J connectivity index is 2.15. The Kier molecular flexibility index (Phi) is 3.24. The van der Waals surface area contributed by atoms with Gasteiger partial charge in [0.1, 0.15) is 5.82 Å². The van der Waals surface area contributed by atoms with E-state index in [2.05, 4.69) is 23.4 Å². The van der Waals surface area contributed by atoms with E-state index in [9.17, 15) is 0 Å². The van der Waals surface area contributed by atoms with Crippen LogP contribution in [0, 0.1) is 5.92 Å². The summed E-state index contributed by atoms with van der Waals surface area (Å²) in [5.41, 5.74) is 7.25. The van der Waals surface area contributed by atoms with E-state index < -0.39 is 0 Å². The first kappa shape index (κ1) is 10.9. The van der Waals surface area contributed by atoms with E-state index >= 15 is 0 Å². The number of hydrogen-bond acceptors (Lipinski definition) is 3. The Hall–Kier alpha value is -0.640. The molecule has 4 heteroatoms. The van der Waals surface area contributed by atoms with Gasteiger partial charge in [-0.2, -0.15) is 11.8 Å². The molecule has 0 saturated carbocycles. The van der Waals surface area contributed by atoms with Gasteiger partial charge in [0.25, 0.3) is 0 Å². The molecule has 1 aliphatic heterocycles. The quantitative estimate of drug-likeness (QED) is 0.858. The van der Waals surface area contributed by atoms with Gasteiger partial charge in [0.05, 0.1) is 12.0 Å². The Morgan fingerprint density at radius 1 is 1.67 bits per heavy atom. The van der Waals surface area contributed by atoms with Gasteiger partial charge in [-0.1, -0.05) is 13.8 Å². The molecule has 0 spiro atoms. The second kappa shape index (κ2) is 4.47.